The molecule has 0 saturated heterocycles. The van der Waals surface area contributed by atoms with Gasteiger partial charge in [-0.3, -0.25) is 4.79 Å². The number of esters is 1. The minimum atomic E-state index is -4.04. The van der Waals surface area contributed by atoms with Crippen LogP contribution in [0.5, 0.6) is 0 Å². The molecule has 6 heteroatoms. The summed E-state index contributed by atoms with van der Waals surface area (Å²) in [5, 5.41) is -0.135. The van der Waals surface area contributed by atoms with E-state index in [9.17, 15) is 18.0 Å². The van der Waals surface area contributed by atoms with E-state index in [1.54, 1.807) is 11.8 Å². The van der Waals surface area contributed by atoms with Crippen molar-refractivity contribution in [2.45, 2.75) is 83.6 Å². The molecule has 0 aliphatic heterocycles. The lowest BCUT2D eigenvalue weighted by molar-refractivity contribution is -0.144. The molecular formula is C17H31F3O2S. The molecule has 0 aliphatic carbocycles. The van der Waals surface area contributed by atoms with Gasteiger partial charge in [-0.25, -0.2) is 0 Å². The molecule has 0 aliphatic rings. The molecule has 0 saturated carbocycles. The molecule has 0 fully saturated rings. The van der Waals surface area contributed by atoms with Crippen molar-refractivity contribution in [1.29, 1.82) is 0 Å². The standard InChI is InChI=1S/C17H31F3O2S/c1-4-5-10-15(16(21)22-13-14(2)3)23-12-9-7-6-8-11-17(18,19)20/h14-15H,4-13H2,1-3H3. The van der Waals surface area contributed by atoms with E-state index < -0.39 is 12.6 Å². The van der Waals surface area contributed by atoms with Gasteiger partial charge in [0.05, 0.1) is 6.61 Å². The number of halogens is 3. The Hall–Kier alpha value is -0.390. The molecule has 0 heterocycles. The van der Waals surface area contributed by atoms with Gasteiger partial charge in [-0.15, -0.1) is 11.8 Å². The summed E-state index contributed by atoms with van der Waals surface area (Å²) in [6, 6.07) is 0. The summed E-state index contributed by atoms with van der Waals surface area (Å²) in [7, 11) is 0. The van der Waals surface area contributed by atoms with Crippen molar-refractivity contribution in [2.24, 2.45) is 5.92 Å². The predicted octanol–water partition coefficient (Wildman–Crippen LogP) is 5.99. The van der Waals surface area contributed by atoms with Gasteiger partial charge in [0.2, 0.25) is 0 Å². The van der Waals surface area contributed by atoms with Crippen LogP contribution in [0.15, 0.2) is 0 Å². The van der Waals surface area contributed by atoms with Gasteiger partial charge in [0.1, 0.15) is 5.25 Å². The van der Waals surface area contributed by atoms with E-state index in [1.807, 2.05) is 13.8 Å². The van der Waals surface area contributed by atoms with Gasteiger partial charge in [0, 0.05) is 6.42 Å². The summed E-state index contributed by atoms with van der Waals surface area (Å²) in [5.74, 6) is 0.982. The highest BCUT2D eigenvalue weighted by atomic mass is 32.2. The van der Waals surface area contributed by atoms with Crippen LogP contribution in [-0.2, 0) is 9.53 Å². The lowest BCUT2D eigenvalue weighted by Crippen LogP contribution is -2.22. The lowest BCUT2D eigenvalue weighted by atomic mass is 10.1. The Bertz CT molecular complexity index is 307. The summed E-state index contributed by atoms with van der Waals surface area (Å²) in [6.07, 6.45) is 0.522. The summed E-state index contributed by atoms with van der Waals surface area (Å²) in [5.41, 5.74) is 0. The summed E-state index contributed by atoms with van der Waals surface area (Å²) in [6.45, 7) is 6.53. The Balaban J connectivity index is 3.89. The second-order valence-corrected chi connectivity index (χ2v) is 7.62. The van der Waals surface area contributed by atoms with Crippen molar-refractivity contribution >= 4 is 17.7 Å². The molecule has 0 aromatic rings. The van der Waals surface area contributed by atoms with Crippen LogP contribution in [-0.4, -0.2) is 29.8 Å². The first-order valence-corrected chi connectivity index (χ1v) is 9.66. The molecule has 0 aromatic heterocycles. The molecule has 0 aromatic carbocycles. The summed E-state index contributed by atoms with van der Waals surface area (Å²) in [4.78, 5) is 12.1. The molecule has 138 valence electrons. The van der Waals surface area contributed by atoms with Crippen LogP contribution in [0.3, 0.4) is 0 Å². The van der Waals surface area contributed by atoms with E-state index in [1.165, 1.54) is 0 Å². The van der Waals surface area contributed by atoms with Crippen LogP contribution >= 0.6 is 11.8 Å². The van der Waals surface area contributed by atoms with Crippen molar-refractivity contribution in [3.63, 3.8) is 0 Å². The highest BCUT2D eigenvalue weighted by Crippen LogP contribution is 2.24. The molecule has 1 unspecified atom stereocenters. The van der Waals surface area contributed by atoms with E-state index in [4.69, 9.17) is 4.74 Å². The fourth-order valence-electron chi connectivity index (χ4n) is 2.01. The molecule has 0 radical (unpaired) electrons. The minimum absolute atomic E-state index is 0.135. The van der Waals surface area contributed by atoms with Crippen LogP contribution in [0.4, 0.5) is 13.2 Å². The van der Waals surface area contributed by atoms with Gasteiger partial charge < -0.3 is 4.74 Å². The maximum Gasteiger partial charge on any atom is 0.389 e. The SMILES string of the molecule is CCCCC(SCCCCCCC(F)(F)F)C(=O)OCC(C)C. The van der Waals surface area contributed by atoms with Crippen LogP contribution in [0.2, 0.25) is 0 Å². The fraction of sp³-hybridized carbons (Fsp3) is 0.941. The van der Waals surface area contributed by atoms with Crippen LogP contribution < -0.4 is 0 Å². The van der Waals surface area contributed by atoms with E-state index >= 15 is 0 Å². The number of hydrogen-bond donors (Lipinski definition) is 0. The Morgan fingerprint density at radius 1 is 1.09 bits per heavy atom. The molecule has 0 bridgehead atoms. The molecule has 0 N–H and O–H groups in total. The fourth-order valence-corrected chi connectivity index (χ4v) is 3.20. The van der Waals surface area contributed by atoms with Crippen molar-refractivity contribution in [2.75, 3.05) is 12.4 Å². The number of carbonyl (C=O) groups is 1. The Morgan fingerprint density at radius 3 is 2.30 bits per heavy atom. The van der Waals surface area contributed by atoms with Crippen LogP contribution in [0, 0.1) is 5.92 Å². The Labute approximate surface area is 142 Å². The highest BCUT2D eigenvalue weighted by molar-refractivity contribution is 8.00. The van der Waals surface area contributed by atoms with Crippen molar-refractivity contribution in [3.8, 4) is 0 Å². The minimum Gasteiger partial charge on any atom is -0.465 e. The molecule has 2 nitrogen and oxygen atoms in total. The van der Waals surface area contributed by atoms with Gasteiger partial charge >= 0.3 is 12.1 Å². The number of rotatable bonds is 13. The second kappa shape index (κ2) is 13.0. The number of hydrogen-bond acceptors (Lipinski definition) is 3. The van der Waals surface area contributed by atoms with Crippen molar-refractivity contribution in [1.82, 2.24) is 0 Å². The zero-order valence-electron chi connectivity index (χ0n) is 14.6. The van der Waals surface area contributed by atoms with Crippen LogP contribution in [0.1, 0.15) is 72.1 Å². The maximum atomic E-state index is 12.1. The maximum absolute atomic E-state index is 12.1. The van der Waals surface area contributed by atoms with E-state index in [0.717, 1.165) is 37.9 Å². The Morgan fingerprint density at radius 2 is 1.74 bits per heavy atom. The topological polar surface area (TPSA) is 26.3 Å². The van der Waals surface area contributed by atoms with Gasteiger partial charge in [0.25, 0.3) is 0 Å². The molecule has 1 atom stereocenters. The third kappa shape index (κ3) is 14.9. The average molecular weight is 356 g/mol. The molecule has 0 rings (SSSR count). The predicted molar refractivity (Wildman–Crippen MR) is 90.7 cm³/mol. The average Bonchev–Trinajstić information content (AvgIpc) is 2.45. The molecule has 0 spiro atoms. The molecular weight excluding hydrogens is 325 g/mol. The third-order valence-electron chi connectivity index (χ3n) is 3.32. The van der Waals surface area contributed by atoms with Gasteiger partial charge in [0.15, 0.2) is 0 Å². The quantitative estimate of drug-likeness (QED) is 0.299. The zero-order valence-corrected chi connectivity index (χ0v) is 15.4. The largest absolute Gasteiger partial charge is 0.465 e. The molecule has 0 amide bonds. The molecule has 23 heavy (non-hydrogen) atoms. The summed E-state index contributed by atoms with van der Waals surface area (Å²) >= 11 is 1.59. The van der Waals surface area contributed by atoms with Crippen molar-refractivity contribution in [3.05, 3.63) is 0 Å². The van der Waals surface area contributed by atoms with Crippen molar-refractivity contribution < 1.29 is 22.7 Å². The number of ether oxygens (including phenoxy) is 1. The monoisotopic (exact) mass is 356 g/mol. The first kappa shape index (κ1) is 22.6. The first-order chi connectivity index (χ1) is 10.8. The third-order valence-corrected chi connectivity index (χ3v) is 4.67. The normalized spacial score (nSPS) is 13.3. The smallest absolute Gasteiger partial charge is 0.389 e. The van der Waals surface area contributed by atoms with Gasteiger partial charge in [-0.05, 0) is 30.9 Å². The van der Waals surface area contributed by atoms with E-state index in [2.05, 4.69) is 6.92 Å². The Kier molecular flexibility index (Phi) is 12.7. The van der Waals surface area contributed by atoms with Gasteiger partial charge in [-0.1, -0.05) is 46.5 Å². The number of unbranched alkanes of at least 4 members (excludes halogenated alkanes) is 4. The lowest BCUT2D eigenvalue weighted by Gasteiger charge is -2.16. The number of carbonyl (C=O) groups excluding carboxylic acids is 1. The van der Waals surface area contributed by atoms with E-state index in [-0.39, 0.29) is 17.6 Å². The van der Waals surface area contributed by atoms with E-state index in [0.29, 0.717) is 18.9 Å². The van der Waals surface area contributed by atoms with Crippen LogP contribution in [0.25, 0.3) is 0 Å². The van der Waals surface area contributed by atoms with Gasteiger partial charge in [-0.2, -0.15) is 13.2 Å². The summed E-state index contributed by atoms with van der Waals surface area (Å²) < 4.78 is 41.4. The zero-order chi connectivity index (χ0) is 17.7. The number of alkyl halides is 3. The first-order valence-electron chi connectivity index (χ1n) is 8.61. The highest BCUT2D eigenvalue weighted by Gasteiger charge is 2.25. The second-order valence-electron chi connectivity index (χ2n) is 6.30. The number of thioether (sulfide) groups is 1.